The maximum atomic E-state index is 12.7. The second-order valence-corrected chi connectivity index (χ2v) is 9.65. The van der Waals surface area contributed by atoms with Crippen LogP contribution < -0.4 is 0 Å². The summed E-state index contributed by atoms with van der Waals surface area (Å²) in [5, 5.41) is 1.35. The number of likely N-dealkylation sites (tertiary alicyclic amines) is 2. The number of esters is 1. The molecule has 0 bridgehead atoms. The third-order valence-corrected chi connectivity index (χ3v) is 7.68. The van der Waals surface area contributed by atoms with E-state index in [1.165, 1.54) is 29.1 Å². The van der Waals surface area contributed by atoms with E-state index in [-0.39, 0.29) is 17.3 Å². The van der Waals surface area contributed by atoms with E-state index in [1.807, 2.05) is 0 Å². The zero-order valence-corrected chi connectivity index (χ0v) is 19.2. The van der Waals surface area contributed by atoms with Gasteiger partial charge in [0, 0.05) is 55.7 Å². The number of para-hydroxylation sites is 1. The number of carbonyl (C=O) groups is 1. The Hall–Kier alpha value is -2.63. The Bertz CT molecular complexity index is 1080. The van der Waals surface area contributed by atoms with E-state index in [0.29, 0.717) is 0 Å². The number of nitrogens with zero attached hydrogens (tertiary/aromatic N) is 3. The van der Waals surface area contributed by atoms with Crippen molar-refractivity contribution in [3.63, 3.8) is 0 Å². The van der Waals surface area contributed by atoms with E-state index >= 15 is 0 Å². The average Bonchev–Trinajstić information content (AvgIpc) is 3.33. The Morgan fingerprint density at radius 1 is 1.00 bits per heavy atom. The molecule has 5 rings (SSSR count). The molecule has 5 nitrogen and oxygen atoms in total. The number of aryl methyl sites for hydroxylation is 1. The number of fused-ring (bicyclic) bond motifs is 1. The van der Waals surface area contributed by atoms with Gasteiger partial charge in [-0.25, -0.2) is 0 Å². The van der Waals surface area contributed by atoms with Gasteiger partial charge in [0.05, 0.1) is 13.0 Å². The minimum absolute atomic E-state index is 0.0249. The SMILES string of the molecule is COC(=O)C1CN(Cc2ccccc2)CC12CCN(Cc1cn(C)c3ccccc13)CC2. The van der Waals surface area contributed by atoms with Crippen LogP contribution in [0.4, 0.5) is 0 Å². The number of benzene rings is 2. The molecular formula is C27H33N3O2. The number of hydrogen-bond donors (Lipinski definition) is 0. The summed E-state index contributed by atoms with van der Waals surface area (Å²) in [6.45, 7) is 5.68. The van der Waals surface area contributed by atoms with Crippen molar-refractivity contribution in [1.82, 2.24) is 14.4 Å². The summed E-state index contributed by atoms with van der Waals surface area (Å²) < 4.78 is 7.48. The van der Waals surface area contributed by atoms with Crippen LogP contribution in [-0.4, -0.2) is 53.6 Å². The fourth-order valence-corrected chi connectivity index (χ4v) is 5.96. The van der Waals surface area contributed by atoms with E-state index in [9.17, 15) is 4.79 Å². The predicted molar refractivity (Wildman–Crippen MR) is 127 cm³/mol. The summed E-state index contributed by atoms with van der Waals surface area (Å²) in [5.74, 6) is -0.0704. The Labute approximate surface area is 190 Å². The molecule has 2 aliphatic heterocycles. The minimum Gasteiger partial charge on any atom is -0.469 e. The van der Waals surface area contributed by atoms with Gasteiger partial charge in [0.15, 0.2) is 0 Å². The zero-order valence-electron chi connectivity index (χ0n) is 19.2. The third kappa shape index (κ3) is 3.96. The normalized spacial score (nSPS) is 21.4. The third-order valence-electron chi connectivity index (χ3n) is 7.68. The van der Waals surface area contributed by atoms with E-state index in [0.717, 1.165) is 52.1 Å². The van der Waals surface area contributed by atoms with Gasteiger partial charge in [-0.05, 0) is 43.1 Å². The molecule has 2 aromatic carbocycles. The van der Waals surface area contributed by atoms with E-state index < -0.39 is 0 Å². The fourth-order valence-electron chi connectivity index (χ4n) is 5.96. The summed E-state index contributed by atoms with van der Waals surface area (Å²) >= 11 is 0. The van der Waals surface area contributed by atoms with Crippen LogP contribution in [0.5, 0.6) is 0 Å². The molecule has 0 saturated carbocycles. The summed E-state index contributed by atoms with van der Waals surface area (Å²) in [5.41, 5.74) is 4.01. The summed E-state index contributed by atoms with van der Waals surface area (Å²) in [4.78, 5) is 17.8. The first-order valence-corrected chi connectivity index (χ1v) is 11.7. The standard InChI is InChI=1S/C27H33N3O2/c1-28-17-22(23-10-6-7-11-25(23)28)18-29-14-12-27(13-15-29)20-30(19-24(27)26(31)32-2)16-21-8-4-3-5-9-21/h3-11,17,24H,12-16,18-20H2,1-2H3. The topological polar surface area (TPSA) is 37.7 Å². The smallest absolute Gasteiger partial charge is 0.310 e. The average molecular weight is 432 g/mol. The molecule has 32 heavy (non-hydrogen) atoms. The molecule has 0 aliphatic carbocycles. The quantitative estimate of drug-likeness (QED) is 0.571. The van der Waals surface area contributed by atoms with Crippen molar-refractivity contribution in [3.05, 3.63) is 71.9 Å². The van der Waals surface area contributed by atoms with Crippen molar-refractivity contribution in [2.24, 2.45) is 18.4 Å². The predicted octanol–water partition coefficient (Wildman–Crippen LogP) is 4.07. The van der Waals surface area contributed by atoms with Crippen molar-refractivity contribution in [2.75, 3.05) is 33.3 Å². The fraction of sp³-hybridized carbons (Fsp3) is 0.444. The molecule has 1 atom stereocenters. The van der Waals surface area contributed by atoms with Crippen molar-refractivity contribution < 1.29 is 9.53 Å². The molecule has 3 heterocycles. The van der Waals surface area contributed by atoms with Crippen LogP contribution in [0.25, 0.3) is 10.9 Å². The van der Waals surface area contributed by atoms with E-state index in [1.54, 1.807) is 0 Å². The number of piperidine rings is 1. The Morgan fingerprint density at radius 3 is 2.47 bits per heavy atom. The molecule has 5 heteroatoms. The van der Waals surface area contributed by atoms with Crippen LogP contribution >= 0.6 is 0 Å². The molecular weight excluding hydrogens is 398 g/mol. The molecule has 2 saturated heterocycles. The first-order chi connectivity index (χ1) is 15.6. The highest BCUT2D eigenvalue weighted by atomic mass is 16.5. The van der Waals surface area contributed by atoms with E-state index in [2.05, 4.69) is 82.2 Å². The van der Waals surface area contributed by atoms with Crippen LogP contribution in [0.1, 0.15) is 24.0 Å². The molecule has 0 amide bonds. The van der Waals surface area contributed by atoms with Crippen molar-refractivity contribution in [2.45, 2.75) is 25.9 Å². The van der Waals surface area contributed by atoms with Crippen LogP contribution in [-0.2, 0) is 29.7 Å². The second kappa shape index (κ2) is 8.72. The maximum Gasteiger partial charge on any atom is 0.310 e. The van der Waals surface area contributed by atoms with Crippen molar-refractivity contribution in [1.29, 1.82) is 0 Å². The van der Waals surface area contributed by atoms with Gasteiger partial charge >= 0.3 is 5.97 Å². The van der Waals surface area contributed by atoms with Gasteiger partial charge < -0.3 is 9.30 Å². The van der Waals surface area contributed by atoms with E-state index in [4.69, 9.17) is 4.74 Å². The van der Waals surface area contributed by atoms with Gasteiger partial charge in [0.25, 0.3) is 0 Å². The number of carbonyl (C=O) groups excluding carboxylic acids is 1. The maximum absolute atomic E-state index is 12.7. The number of hydrogen-bond acceptors (Lipinski definition) is 4. The van der Waals surface area contributed by atoms with Crippen LogP contribution in [0.2, 0.25) is 0 Å². The van der Waals surface area contributed by atoms with Gasteiger partial charge in [0.1, 0.15) is 0 Å². The monoisotopic (exact) mass is 431 g/mol. The Balaban J connectivity index is 1.29. The number of aromatic nitrogens is 1. The molecule has 2 aliphatic rings. The molecule has 2 fully saturated rings. The van der Waals surface area contributed by atoms with Crippen molar-refractivity contribution >= 4 is 16.9 Å². The largest absolute Gasteiger partial charge is 0.469 e. The van der Waals surface area contributed by atoms with Crippen LogP contribution in [0.15, 0.2) is 60.8 Å². The first kappa shape index (κ1) is 21.2. The minimum atomic E-state index is -0.0388. The molecule has 0 radical (unpaired) electrons. The molecule has 3 aromatic rings. The molecule has 1 aromatic heterocycles. The lowest BCUT2D eigenvalue weighted by Crippen LogP contribution is -2.46. The molecule has 168 valence electrons. The lowest BCUT2D eigenvalue weighted by molar-refractivity contribution is -0.149. The number of ether oxygens (including phenoxy) is 1. The number of methoxy groups -OCH3 is 1. The second-order valence-electron chi connectivity index (χ2n) is 9.65. The summed E-state index contributed by atoms with van der Waals surface area (Å²) in [6.07, 6.45) is 4.36. The lowest BCUT2D eigenvalue weighted by atomic mass is 9.70. The number of rotatable bonds is 5. The highest BCUT2D eigenvalue weighted by molar-refractivity contribution is 5.83. The summed E-state index contributed by atoms with van der Waals surface area (Å²) in [7, 11) is 3.66. The van der Waals surface area contributed by atoms with Crippen LogP contribution in [0.3, 0.4) is 0 Å². The van der Waals surface area contributed by atoms with Gasteiger partial charge in [0.2, 0.25) is 0 Å². The van der Waals surface area contributed by atoms with Crippen molar-refractivity contribution in [3.8, 4) is 0 Å². The van der Waals surface area contributed by atoms with Gasteiger partial charge in [-0.2, -0.15) is 0 Å². The lowest BCUT2D eigenvalue weighted by Gasteiger charge is -2.41. The molecule has 1 unspecified atom stereocenters. The highest BCUT2D eigenvalue weighted by Gasteiger charge is 2.51. The van der Waals surface area contributed by atoms with Gasteiger partial charge in [-0.15, -0.1) is 0 Å². The molecule has 1 spiro atoms. The molecule has 0 N–H and O–H groups in total. The summed E-state index contributed by atoms with van der Waals surface area (Å²) in [6, 6.07) is 19.2. The zero-order chi connectivity index (χ0) is 22.1. The van der Waals surface area contributed by atoms with Gasteiger partial charge in [-0.3, -0.25) is 14.6 Å². The van der Waals surface area contributed by atoms with Gasteiger partial charge in [-0.1, -0.05) is 48.5 Å². The first-order valence-electron chi connectivity index (χ1n) is 11.7. The highest BCUT2D eigenvalue weighted by Crippen LogP contribution is 2.46. The Morgan fingerprint density at radius 2 is 1.72 bits per heavy atom. The Kier molecular flexibility index (Phi) is 5.78. The van der Waals surface area contributed by atoms with Crippen LogP contribution in [0, 0.1) is 11.3 Å².